The summed E-state index contributed by atoms with van der Waals surface area (Å²) in [5, 5.41) is 0. The summed E-state index contributed by atoms with van der Waals surface area (Å²) in [6.07, 6.45) is 1.68. The van der Waals surface area contributed by atoms with Gasteiger partial charge in [-0.15, -0.1) is 0 Å². The Bertz CT molecular complexity index is 932. The maximum absolute atomic E-state index is 13.1. The zero-order valence-corrected chi connectivity index (χ0v) is 15.4. The molecular formula is C23H19NO4. The van der Waals surface area contributed by atoms with E-state index in [0.29, 0.717) is 16.7 Å². The highest BCUT2D eigenvalue weighted by Crippen LogP contribution is 2.20. The number of esters is 1. The third-order valence-electron chi connectivity index (χ3n) is 4.40. The van der Waals surface area contributed by atoms with Gasteiger partial charge in [-0.25, -0.2) is 4.79 Å². The Hall–Kier alpha value is -3.60. The quantitative estimate of drug-likeness (QED) is 0.358. The SMILES string of the molecule is COC(=O)c1cccc(C[C@@H](C(=O)c2ccccc2)C(=O)c2ccccn2)c1. The van der Waals surface area contributed by atoms with Gasteiger partial charge < -0.3 is 4.74 Å². The summed E-state index contributed by atoms with van der Waals surface area (Å²) in [4.78, 5) is 42.1. The molecule has 0 bridgehead atoms. The van der Waals surface area contributed by atoms with Gasteiger partial charge in [0.1, 0.15) is 5.69 Å². The van der Waals surface area contributed by atoms with Crippen molar-refractivity contribution in [3.63, 3.8) is 0 Å². The van der Waals surface area contributed by atoms with E-state index in [1.165, 1.54) is 13.3 Å². The number of benzene rings is 2. The Morgan fingerprint density at radius 2 is 1.57 bits per heavy atom. The predicted octanol–water partition coefficient (Wildman–Crippen LogP) is 3.79. The molecule has 0 aliphatic rings. The first kappa shape index (κ1) is 19.2. The summed E-state index contributed by atoms with van der Waals surface area (Å²) in [6.45, 7) is 0. The molecule has 2 aromatic carbocycles. The van der Waals surface area contributed by atoms with Gasteiger partial charge in [0.15, 0.2) is 11.6 Å². The molecular weight excluding hydrogens is 354 g/mol. The lowest BCUT2D eigenvalue weighted by Crippen LogP contribution is -2.27. The maximum Gasteiger partial charge on any atom is 0.337 e. The average Bonchev–Trinajstić information content (AvgIpc) is 2.77. The zero-order valence-electron chi connectivity index (χ0n) is 15.4. The summed E-state index contributed by atoms with van der Waals surface area (Å²) in [5.74, 6) is -2.04. The van der Waals surface area contributed by atoms with Gasteiger partial charge in [0, 0.05) is 11.8 Å². The number of methoxy groups -OCH3 is 1. The van der Waals surface area contributed by atoms with E-state index in [0.717, 1.165) is 0 Å². The van der Waals surface area contributed by atoms with Crippen molar-refractivity contribution in [2.75, 3.05) is 7.11 Å². The van der Waals surface area contributed by atoms with Gasteiger partial charge in [-0.3, -0.25) is 14.6 Å². The first-order valence-corrected chi connectivity index (χ1v) is 8.82. The second-order valence-corrected chi connectivity index (χ2v) is 6.26. The monoisotopic (exact) mass is 373 g/mol. The van der Waals surface area contributed by atoms with E-state index >= 15 is 0 Å². The molecule has 0 fully saturated rings. The van der Waals surface area contributed by atoms with Crippen LogP contribution in [-0.4, -0.2) is 29.6 Å². The molecule has 0 saturated carbocycles. The van der Waals surface area contributed by atoms with Crippen molar-refractivity contribution in [3.05, 3.63) is 101 Å². The molecule has 3 rings (SSSR count). The highest BCUT2D eigenvalue weighted by Gasteiger charge is 2.29. The summed E-state index contributed by atoms with van der Waals surface area (Å²) in [7, 11) is 1.31. The lowest BCUT2D eigenvalue weighted by Gasteiger charge is -2.15. The number of rotatable bonds is 7. The van der Waals surface area contributed by atoms with Crippen molar-refractivity contribution >= 4 is 17.5 Å². The van der Waals surface area contributed by atoms with Gasteiger partial charge in [-0.05, 0) is 36.2 Å². The minimum absolute atomic E-state index is 0.161. The smallest absolute Gasteiger partial charge is 0.337 e. The molecule has 5 heteroatoms. The van der Waals surface area contributed by atoms with Gasteiger partial charge in [0.25, 0.3) is 0 Å². The van der Waals surface area contributed by atoms with Crippen LogP contribution in [0.3, 0.4) is 0 Å². The Labute approximate surface area is 163 Å². The van der Waals surface area contributed by atoms with E-state index in [-0.39, 0.29) is 23.7 Å². The number of ether oxygens (including phenoxy) is 1. The zero-order chi connectivity index (χ0) is 19.9. The highest BCUT2D eigenvalue weighted by atomic mass is 16.5. The molecule has 0 amide bonds. The third kappa shape index (κ3) is 4.38. The number of nitrogens with zero attached hydrogens (tertiary/aromatic N) is 1. The van der Waals surface area contributed by atoms with Crippen LogP contribution >= 0.6 is 0 Å². The van der Waals surface area contributed by atoms with Crippen LogP contribution in [0, 0.1) is 5.92 Å². The number of pyridine rings is 1. The van der Waals surface area contributed by atoms with Gasteiger partial charge >= 0.3 is 5.97 Å². The van der Waals surface area contributed by atoms with Crippen molar-refractivity contribution in [2.45, 2.75) is 6.42 Å². The second-order valence-electron chi connectivity index (χ2n) is 6.26. The molecule has 5 nitrogen and oxygen atoms in total. The molecule has 3 aromatic rings. The number of carbonyl (C=O) groups is 3. The Morgan fingerprint density at radius 3 is 2.25 bits per heavy atom. The van der Waals surface area contributed by atoms with E-state index in [1.54, 1.807) is 66.7 Å². The molecule has 0 aliphatic carbocycles. The first-order chi connectivity index (χ1) is 13.6. The van der Waals surface area contributed by atoms with Crippen molar-refractivity contribution in [1.29, 1.82) is 0 Å². The number of Topliss-reactive ketones (excluding diaryl/α,β-unsaturated/α-hetero) is 2. The lowest BCUT2D eigenvalue weighted by molar-refractivity contribution is 0.0600. The lowest BCUT2D eigenvalue weighted by atomic mass is 9.86. The molecule has 140 valence electrons. The molecule has 0 aliphatic heterocycles. The van der Waals surface area contributed by atoms with Gasteiger partial charge in [0.05, 0.1) is 18.6 Å². The van der Waals surface area contributed by atoms with Gasteiger partial charge in [-0.1, -0.05) is 48.5 Å². The van der Waals surface area contributed by atoms with Crippen LogP contribution in [-0.2, 0) is 11.2 Å². The Morgan fingerprint density at radius 1 is 0.857 bits per heavy atom. The molecule has 0 radical (unpaired) electrons. The molecule has 0 spiro atoms. The number of carbonyl (C=O) groups excluding carboxylic acids is 3. The number of ketones is 2. The molecule has 0 unspecified atom stereocenters. The van der Waals surface area contributed by atoms with Crippen molar-refractivity contribution in [2.24, 2.45) is 5.92 Å². The number of aromatic nitrogens is 1. The topological polar surface area (TPSA) is 73.3 Å². The minimum atomic E-state index is -0.940. The molecule has 1 atom stereocenters. The Kier molecular flexibility index (Phi) is 6.07. The molecule has 1 heterocycles. The largest absolute Gasteiger partial charge is 0.465 e. The van der Waals surface area contributed by atoms with Crippen molar-refractivity contribution in [1.82, 2.24) is 4.98 Å². The predicted molar refractivity (Wildman–Crippen MR) is 104 cm³/mol. The normalized spacial score (nSPS) is 11.5. The maximum atomic E-state index is 13.1. The number of hydrogen-bond acceptors (Lipinski definition) is 5. The van der Waals surface area contributed by atoms with Crippen molar-refractivity contribution < 1.29 is 19.1 Å². The fourth-order valence-electron chi connectivity index (χ4n) is 2.97. The van der Waals surface area contributed by atoms with Gasteiger partial charge in [0.2, 0.25) is 0 Å². The summed E-state index contributed by atoms with van der Waals surface area (Å²) < 4.78 is 4.75. The van der Waals surface area contributed by atoms with Crippen LogP contribution in [0.1, 0.15) is 36.8 Å². The molecule has 0 saturated heterocycles. The van der Waals surface area contributed by atoms with E-state index in [9.17, 15) is 14.4 Å². The van der Waals surface area contributed by atoms with Crippen LogP contribution in [0.4, 0.5) is 0 Å². The van der Waals surface area contributed by atoms with Crippen LogP contribution < -0.4 is 0 Å². The first-order valence-electron chi connectivity index (χ1n) is 8.82. The summed E-state index contributed by atoms with van der Waals surface area (Å²) in [6, 6.07) is 20.5. The van der Waals surface area contributed by atoms with E-state index in [1.807, 2.05) is 6.07 Å². The van der Waals surface area contributed by atoms with Crippen LogP contribution in [0.2, 0.25) is 0 Å². The van der Waals surface area contributed by atoms with E-state index in [2.05, 4.69) is 4.98 Å². The second kappa shape index (κ2) is 8.86. The molecule has 1 aromatic heterocycles. The summed E-state index contributed by atoms with van der Waals surface area (Å²) in [5.41, 5.74) is 1.76. The Balaban J connectivity index is 1.96. The van der Waals surface area contributed by atoms with Crippen LogP contribution in [0.5, 0.6) is 0 Å². The average molecular weight is 373 g/mol. The minimum Gasteiger partial charge on any atom is -0.465 e. The summed E-state index contributed by atoms with van der Waals surface area (Å²) >= 11 is 0. The van der Waals surface area contributed by atoms with E-state index < -0.39 is 11.9 Å². The number of hydrogen-bond donors (Lipinski definition) is 0. The molecule has 28 heavy (non-hydrogen) atoms. The highest BCUT2D eigenvalue weighted by molar-refractivity contribution is 6.15. The molecule has 0 N–H and O–H groups in total. The van der Waals surface area contributed by atoms with Crippen molar-refractivity contribution in [3.8, 4) is 0 Å². The third-order valence-corrected chi connectivity index (χ3v) is 4.40. The fraction of sp³-hybridized carbons (Fsp3) is 0.130. The standard InChI is InChI=1S/C23H19NO4/c1-28-23(27)18-11-7-8-16(14-18)15-19(21(25)17-9-3-2-4-10-17)22(26)20-12-5-6-13-24-20/h2-14,19H,15H2,1H3/t19-/m0/s1. The van der Waals surface area contributed by atoms with Crippen LogP contribution in [0.15, 0.2) is 79.0 Å². The van der Waals surface area contributed by atoms with Gasteiger partial charge in [-0.2, -0.15) is 0 Å². The van der Waals surface area contributed by atoms with Crippen LogP contribution in [0.25, 0.3) is 0 Å². The fourth-order valence-corrected chi connectivity index (χ4v) is 2.97. The van der Waals surface area contributed by atoms with E-state index in [4.69, 9.17) is 4.74 Å².